The molecule has 0 aromatic heterocycles. The van der Waals surface area contributed by atoms with E-state index in [0.717, 1.165) is 18.7 Å². The molecule has 1 amide bonds. The number of nitrogens with one attached hydrogen (secondary N) is 2. The van der Waals surface area contributed by atoms with Gasteiger partial charge in [0.15, 0.2) is 0 Å². The van der Waals surface area contributed by atoms with Crippen molar-refractivity contribution in [1.29, 1.82) is 0 Å². The van der Waals surface area contributed by atoms with Crippen molar-refractivity contribution in [3.8, 4) is 5.75 Å². The van der Waals surface area contributed by atoms with Crippen LogP contribution in [0.25, 0.3) is 0 Å². The Morgan fingerprint density at radius 1 is 1.05 bits per heavy atom. The first-order valence-corrected chi connectivity index (χ1v) is 6.66. The maximum atomic E-state index is 11.8. The van der Waals surface area contributed by atoms with Crippen LogP contribution in [0, 0.1) is 0 Å². The lowest BCUT2D eigenvalue weighted by molar-refractivity contribution is 0.215. The third-order valence-electron chi connectivity index (χ3n) is 2.64. The summed E-state index contributed by atoms with van der Waals surface area (Å²) in [6.07, 6.45) is 0.545. The molecular weight excluding hydrogens is 252 g/mol. The van der Waals surface area contributed by atoms with Gasteiger partial charge in [-0.1, -0.05) is 31.2 Å². The molecule has 0 spiro atoms. The molecule has 0 saturated heterocycles. The molecule has 2 aromatic rings. The van der Waals surface area contributed by atoms with Gasteiger partial charge >= 0.3 is 6.09 Å². The van der Waals surface area contributed by atoms with Gasteiger partial charge in [0.2, 0.25) is 0 Å². The Bertz CT molecular complexity index is 555. The zero-order chi connectivity index (χ0) is 14.2. The fourth-order valence-electron chi connectivity index (χ4n) is 1.71. The van der Waals surface area contributed by atoms with Crippen LogP contribution in [0.2, 0.25) is 0 Å². The van der Waals surface area contributed by atoms with Crippen molar-refractivity contribution in [1.82, 2.24) is 0 Å². The smallest absolute Gasteiger partial charge is 0.410 e. The number of para-hydroxylation sites is 1. The molecule has 0 heterocycles. The molecule has 0 saturated carbocycles. The highest BCUT2D eigenvalue weighted by Gasteiger charge is 2.05. The minimum absolute atomic E-state index is 0.496. The zero-order valence-corrected chi connectivity index (χ0v) is 11.4. The number of benzene rings is 2. The first-order valence-electron chi connectivity index (χ1n) is 6.66. The van der Waals surface area contributed by atoms with Gasteiger partial charge in [0.25, 0.3) is 0 Å². The first-order chi connectivity index (χ1) is 9.78. The quantitative estimate of drug-likeness (QED) is 0.859. The lowest BCUT2D eigenvalue weighted by Crippen LogP contribution is -2.16. The number of carbonyl (C=O) groups is 1. The van der Waals surface area contributed by atoms with Gasteiger partial charge in [0.1, 0.15) is 5.75 Å². The van der Waals surface area contributed by atoms with E-state index < -0.39 is 6.09 Å². The van der Waals surface area contributed by atoms with Gasteiger partial charge in [-0.3, -0.25) is 5.32 Å². The summed E-state index contributed by atoms with van der Waals surface area (Å²) in [7, 11) is 0. The molecule has 2 N–H and O–H groups in total. The van der Waals surface area contributed by atoms with Gasteiger partial charge in [-0.05, 0) is 30.7 Å². The topological polar surface area (TPSA) is 50.4 Å². The zero-order valence-electron chi connectivity index (χ0n) is 11.4. The minimum Gasteiger partial charge on any atom is -0.410 e. The van der Waals surface area contributed by atoms with Crippen molar-refractivity contribution in [2.45, 2.75) is 13.3 Å². The van der Waals surface area contributed by atoms with E-state index in [1.807, 2.05) is 30.3 Å². The van der Waals surface area contributed by atoms with E-state index in [1.165, 1.54) is 0 Å². The first kappa shape index (κ1) is 13.9. The van der Waals surface area contributed by atoms with Crippen LogP contribution in [-0.4, -0.2) is 12.6 Å². The average molecular weight is 270 g/mol. The summed E-state index contributed by atoms with van der Waals surface area (Å²) in [6, 6.07) is 16.6. The fourth-order valence-corrected chi connectivity index (χ4v) is 1.71. The van der Waals surface area contributed by atoms with Gasteiger partial charge in [-0.15, -0.1) is 0 Å². The number of rotatable bonds is 5. The molecule has 0 radical (unpaired) electrons. The second-order valence-electron chi connectivity index (χ2n) is 4.34. The Morgan fingerprint density at radius 3 is 2.55 bits per heavy atom. The largest absolute Gasteiger partial charge is 0.417 e. The van der Waals surface area contributed by atoms with Gasteiger partial charge in [-0.25, -0.2) is 4.79 Å². The molecule has 0 aliphatic rings. The molecule has 0 fully saturated rings. The van der Waals surface area contributed by atoms with Crippen molar-refractivity contribution >= 4 is 17.5 Å². The third-order valence-corrected chi connectivity index (χ3v) is 2.64. The number of carbonyl (C=O) groups excluding carboxylic acids is 1. The Kier molecular flexibility index (Phi) is 5.00. The maximum Gasteiger partial charge on any atom is 0.417 e. The van der Waals surface area contributed by atoms with Crippen molar-refractivity contribution in [2.75, 3.05) is 17.2 Å². The van der Waals surface area contributed by atoms with Crippen molar-refractivity contribution in [2.24, 2.45) is 0 Å². The minimum atomic E-state index is -0.496. The second-order valence-corrected chi connectivity index (χ2v) is 4.34. The summed E-state index contributed by atoms with van der Waals surface area (Å²) in [4.78, 5) is 11.8. The molecule has 0 bridgehead atoms. The summed E-state index contributed by atoms with van der Waals surface area (Å²) in [6.45, 7) is 2.99. The Morgan fingerprint density at radius 2 is 1.80 bits per heavy atom. The summed E-state index contributed by atoms with van der Waals surface area (Å²) in [5.41, 5.74) is 1.65. The molecule has 4 nitrogen and oxygen atoms in total. The molecule has 0 atom stereocenters. The Labute approximate surface area is 118 Å². The van der Waals surface area contributed by atoms with E-state index in [1.54, 1.807) is 24.3 Å². The second kappa shape index (κ2) is 7.19. The lowest BCUT2D eigenvalue weighted by Gasteiger charge is -2.09. The van der Waals surface area contributed by atoms with Crippen molar-refractivity contribution in [3.63, 3.8) is 0 Å². The summed E-state index contributed by atoms with van der Waals surface area (Å²) >= 11 is 0. The molecule has 4 heteroatoms. The predicted octanol–water partition coefficient (Wildman–Crippen LogP) is 4.12. The average Bonchev–Trinajstić information content (AvgIpc) is 2.46. The third kappa shape index (κ3) is 4.31. The molecule has 2 aromatic carbocycles. The number of anilines is 2. The molecular formula is C16H18N2O2. The number of ether oxygens (including phenoxy) is 1. The normalized spacial score (nSPS) is 9.85. The number of hydrogen-bond acceptors (Lipinski definition) is 3. The molecule has 0 unspecified atom stereocenters. The van der Waals surface area contributed by atoms with Crippen LogP contribution in [0.4, 0.5) is 16.2 Å². The van der Waals surface area contributed by atoms with Crippen LogP contribution in [0.1, 0.15) is 13.3 Å². The standard InChI is InChI=1S/C16H18N2O2/c1-2-11-17-14-9-6-10-15(12-14)20-16(19)18-13-7-4-3-5-8-13/h3-10,12,17H,2,11H2,1H3,(H,18,19). The van der Waals surface area contributed by atoms with Crippen molar-refractivity contribution < 1.29 is 9.53 Å². The molecule has 104 valence electrons. The van der Waals surface area contributed by atoms with Crippen LogP contribution in [0.15, 0.2) is 54.6 Å². The van der Waals surface area contributed by atoms with Crippen LogP contribution >= 0.6 is 0 Å². The van der Waals surface area contributed by atoms with E-state index in [9.17, 15) is 4.79 Å². The van der Waals surface area contributed by atoms with E-state index in [2.05, 4.69) is 17.6 Å². The van der Waals surface area contributed by atoms with Crippen LogP contribution in [0.3, 0.4) is 0 Å². The molecule has 0 aliphatic heterocycles. The van der Waals surface area contributed by atoms with Gasteiger partial charge in [0, 0.05) is 24.0 Å². The highest BCUT2D eigenvalue weighted by molar-refractivity contribution is 5.86. The monoisotopic (exact) mass is 270 g/mol. The Balaban J connectivity index is 1.94. The van der Waals surface area contributed by atoms with Crippen molar-refractivity contribution in [3.05, 3.63) is 54.6 Å². The molecule has 20 heavy (non-hydrogen) atoms. The number of hydrogen-bond donors (Lipinski definition) is 2. The molecule has 2 rings (SSSR count). The summed E-state index contributed by atoms with van der Waals surface area (Å²) < 4.78 is 5.25. The summed E-state index contributed by atoms with van der Waals surface area (Å²) in [5, 5.41) is 5.92. The van der Waals surface area contributed by atoms with Gasteiger partial charge in [-0.2, -0.15) is 0 Å². The van der Waals surface area contributed by atoms with Crippen LogP contribution in [0.5, 0.6) is 5.75 Å². The van der Waals surface area contributed by atoms with E-state index in [0.29, 0.717) is 11.4 Å². The van der Waals surface area contributed by atoms with Gasteiger partial charge < -0.3 is 10.1 Å². The van der Waals surface area contributed by atoms with Gasteiger partial charge in [0.05, 0.1) is 0 Å². The van der Waals surface area contributed by atoms with E-state index in [-0.39, 0.29) is 0 Å². The Hall–Kier alpha value is -2.49. The fraction of sp³-hybridized carbons (Fsp3) is 0.188. The summed E-state index contributed by atoms with van der Waals surface area (Å²) in [5.74, 6) is 0.513. The van der Waals surface area contributed by atoms with E-state index >= 15 is 0 Å². The van der Waals surface area contributed by atoms with Crippen LogP contribution < -0.4 is 15.4 Å². The predicted molar refractivity (Wildman–Crippen MR) is 81.3 cm³/mol. The molecule has 0 aliphatic carbocycles. The van der Waals surface area contributed by atoms with Crippen LogP contribution in [-0.2, 0) is 0 Å². The van der Waals surface area contributed by atoms with E-state index in [4.69, 9.17) is 4.74 Å². The maximum absolute atomic E-state index is 11.8. The number of amides is 1. The highest BCUT2D eigenvalue weighted by Crippen LogP contribution is 2.18. The highest BCUT2D eigenvalue weighted by atomic mass is 16.6. The SMILES string of the molecule is CCCNc1cccc(OC(=O)Nc2ccccc2)c1. The lowest BCUT2D eigenvalue weighted by atomic mass is 10.3.